The van der Waals surface area contributed by atoms with Crippen molar-refractivity contribution in [3.05, 3.63) is 72.4 Å². The number of hydrogen-bond donors (Lipinski definition) is 0. The van der Waals surface area contributed by atoms with Crippen LogP contribution in [0.25, 0.3) is 0 Å². The molecule has 2 rings (SSSR count). The molecule has 2 heteroatoms. The molecule has 0 aromatic heterocycles. The molecular weight excluding hydrogens is 284 g/mol. The van der Waals surface area contributed by atoms with Crippen LogP contribution in [0.3, 0.4) is 0 Å². The summed E-state index contributed by atoms with van der Waals surface area (Å²) in [6.07, 6.45) is 2.46. The molecule has 2 aromatic rings. The van der Waals surface area contributed by atoms with Gasteiger partial charge in [0.25, 0.3) is 0 Å². The molecular formula is C19H26Si2. The topological polar surface area (TPSA) is 0 Å². The van der Waals surface area contributed by atoms with Crippen molar-refractivity contribution in [1.29, 1.82) is 0 Å². The van der Waals surface area contributed by atoms with E-state index in [4.69, 9.17) is 0 Å². The number of allylic oxidation sites excluding steroid dienone is 1. The second kappa shape index (κ2) is 6.58. The van der Waals surface area contributed by atoms with Crippen LogP contribution in [-0.2, 0) is 0 Å². The third kappa shape index (κ3) is 4.29. The first-order valence-electron chi connectivity index (χ1n) is 7.71. The minimum atomic E-state index is -1.44. The zero-order chi connectivity index (χ0) is 15.3. The molecule has 21 heavy (non-hydrogen) atoms. The van der Waals surface area contributed by atoms with Crippen molar-refractivity contribution >= 4 is 26.5 Å². The van der Waals surface area contributed by atoms with E-state index in [9.17, 15) is 0 Å². The largest absolute Gasteiger partial charge is 0.103 e. The summed E-state index contributed by atoms with van der Waals surface area (Å²) in [5.41, 5.74) is 2.51. The molecule has 0 heterocycles. The summed E-state index contributed by atoms with van der Waals surface area (Å²) in [6.45, 7) is 9.78. The Labute approximate surface area is 131 Å². The lowest BCUT2D eigenvalue weighted by atomic mass is 10.4. The number of hydrogen-bond acceptors (Lipinski definition) is 0. The quantitative estimate of drug-likeness (QED) is 0.722. The predicted octanol–water partition coefficient (Wildman–Crippen LogP) is 4.31. The molecule has 0 aliphatic heterocycles. The highest BCUT2D eigenvalue weighted by molar-refractivity contribution is 6.94. The van der Waals surface area contributed by atoms with Gasteiger partial charge in [-0.3, -0.25) is 0 Å². The van der Waals surface area contributed by atoms with Crippen LogP contribution in [-0.4, -0.2) is 16.1 Å². The summed E-state index contributed by atoms with van der Waals surface area (Å²) < 4.78 is 0. The minimum Gasteiger partial charge on any atom is -0.0946 e. The Morgan fingerprint density at radius 3 is 1.71 bits per heavy atom. The zero-order valence-corrected chi connectivity index (χ0v) is 15.6. The molecule has 0 saturated heterocycles. The SMILES string of the molecule is C[Si](C)(/C=C/C[Si](C)(C)c1ccccc1)c1ccccc1. The first kappa shape index (κ1) is 16.0. The first-order chi connectivity index (χ1) is 9.92. The summed E-state index contributed by atoms with van der Waals surface area (Å²) in [7, 11) is -2.78. The Bertz CT molecular complexity index is 583. The van der Waals surface area contributed by atoms with Gasteiger partial charge in [0.1, 0.15) is 8.07 Å². The Morgan fingerprint density at radius 1 is 0.714 bits per heavy atom. The lowest BCUT2D eigenvalue weighted by molar-refractivity contribution is 1.53. The highest BCUT2D eigenvalue weighted by Crippen LogP contribution is 2.13. The van der Waals surface area contributed by atoms with Crippen molar-refractivity contribution in [2.24, 2.45) is 0 Å². The van der Waals surface area contributed by atoms with E-state index in [0.717, 1.165) is 0 Å². The highest BCUT2D eigenvalue weighted by Gasteiger charge is 2.23. The van der Waals surface area contributed by atoms with E-state index in [0.29, 0.717) is 0 Å². The van der Waals surface area contributed by atoms with Gasteiger partial charge in [-0.2, -0.15) is 0 Å². The Balaban J connectivity index is 2.08. The van der Waals surface area contributed by atoms with E-state index in [1.54, 1.807) is 5.19 Å². The van der Waals surface area contributed by atoms with Gasteiger partial charge < -0.3 is 0 Å². The van der Waals surface area contributed by atoms with Crippen molar-refractivity contribution in [2.75, 3.05) is 0 Å². The van der Waals surface area contributed by atoms with Crippen LogP contribution < -0.4 is 10.4 Å². The van der Waals surface area contributed by atoms with Crippen LogP contribution in [0.15, 0.2) is 72.4 Å². The molecule has 0 radical (unpaired) electrons. The normalized spacial score (nSPS) is 12.8. The van der Waals surface area contributed by atoms with Crippen LogP contribution in [0.5, 0.6) is 0 Å². The van der Waals surface area contributed by atoms with Crippen LogP contribution in [0.4, 0.5) is 0 Å². The number of rotatable bonds is 5. The van der Waals surface area contributed by atoms with Crippen molar-refractivity contribution in [1.82, 2.24) is 0 Å². The third-order valence-electron chi connectivity index (χ3n) is 4.24. The van der Waals surface area contributed by atoms with Crippen LogP contribution >= 0.6 is 0 Å². The molecule has 0 amide bonds. The zero-order valence-electron chi connectivity index (χ0n) is 13.6. The minimum absolute atomic E-state index is 1.22. The van der Waals surface area contributed by atoms with Crippen molar-refractivity contribution < 1.29 is 0 Å². The van der Waals surface area contributed by atoms with Gasteiger partial charge in [-0.25, -0.2) is 0 Å². The third-order valence-corrected chi connectivity index (χ3v) is 10.3. The van der Waals surface area contributed by atoms with Gasteiger partial charge in [-0.05, 0) is 6.04 Å². The molecule has 2 aromatic carbocycles. The Kier molecular flexibility index (Phi) is 5.01. The molecule has 0 unspecified atom stereocenters. The Hall–Kier alpha value is -1.39. The monoisotopic (exact) mass is 310 g/mol. The first-order valence-corrected chi connectivity index (χ1v) is 14.0. The molecule has 0 fully saturated rings. The van der Waals surface area contributed by atoms with Crippen LogP contribution in [0.2, 0.25) is 32.2 Å². The molecule has 110 valence electrons. The molecule has 0 aliphatic rings. The molecule has 0 N–H and O–H groups in total. The van der Waals surface area contributed by atoms with Crippen LogP contribution in [0.1, 0.15) is 0 Å². The standard InChI is InChI=1S/C19H26Si2/c1-20(2,18-12-7-5-8-13-18)16-11-17-21(3,4)19-14-9-6-10-15-19/h5-16H,17H2,1-4H3/b16-11+. The highest BCUT2D eigenvalue weighted by atomic mass is 28.3. The van der Waals surface area contributed by atoms with Gasteiger partial charge in [0, 0.05) is 0 Å². The summed E-state index contributed by atoms with van der Waals surface area (Å²) in [6, 6.07) is 23.2. The maximum absolute atomic E-state index is 2.51. The fraction of sp³-hybridized carbons (Fsp3) is 0.263. The summed E-state index contributed by atoms with van der Waals surface area (Å²) in [5, 5.41) is 3.06. The van der Waals surface area contributed by atoms with Crippen molar-refractivity contribution in [2.45, 2.75) is 32.2 Å². The van der Waals surface area contributed by atoms with E-state index in [-0.39, 0.29) is 0 Å². The Morgan fingerprint density at radius 2 is 1.19 bits per heavy atom. The van der Waals surface area contributed by atoms with Gasteiger partial charge in [-0.1, -0.05) is 109 Å². The fourth-order valence-corrected chi connectivity index (χ4v) is 6.84. The van der Waals surface area contributed by atoms with Gasteiger partial charge in [-0.15, -0.1) is 0 Å². The average molecular weight is 311 g/mol. The van der Waals surface area contributed by atoms with E-state index >= 15 is 0 Å². The van der Waals surface area contributed by atoms with E-state index in [1.165, 1.54) is 11.2 Å². The molecule has 0 saturated carbocycles. The van der Waals surface area contributed by atoms with Gasteiger partial charge in [0.15, 0.2) is 0 Å². The van der Waals surface area contributed by atoms with E-state index in [1.807, 2.05) is 0 Å². The molecule has 0 aliphatic carbocycles. The molecule has 0 spiro atoms. The molecule has 0 nitrogen and oxygen atoms in total. The molecule has 0 atom stereocenters. The van der Waals surface area contributed by atoms with Gasteiger partial charge in [0.2, 0.25) is 0 Å². The summed E-state index contributed by atoms with van der Waals surface area (Å²) in [5.74, 6) is 0. The fourth-order valence-electron chi connectivity index (χ4n) is 2.62. The smallest absolute Gasteiger partial charge is 0.0946 e. The predicted molar refractivity (Wildman–Crippen MR) is 101 cm³/mol. The lowest BCUT2D eigenvalue weighted by Crippen LogP contribution is -2.41. The van der Waals surface area contributed by atoms with Gasteiger partial charge >= 0.3 is 0 Å². The second-order valence-corrected chi connectivity index (χ2v) is 16.1. The summed E-state index contributed by atoms with van der Waals surface area (Å²) in [4.78, 5) is 0. The second-order valence-electron chi connectivity index (χ2n) is 6.94. The lowest BCUT2D eigenvalue weighted by Gasteiger charge is -2.23. The molecule has 0 bridgehead atoms. The van der Waals surface area contributed by atoms with Gasteiger partial charge in [0.05, 0.1) is 8.07 Å². The summed E-state index contributed by atoms with van der Waals surface area (Å²) >= 11 is 0. The average Bonchev–Trinajstić information content (AvgIpc) is 2.49. The van der Waals surface area contributed by atoms with E-state index in [2.05, 4.69) is 98.6 Å². The number of benzene rings is 2. The van der Waals surface area contributed by atoms with E-state index < -0.39 is 16.1 Å². The van der Waals surface area contributed by atoms with Crippen LogP contribution in [0, 0.1) is 0 Å². The maximum atomic E-state index is 2.51. The maximum Gasteiger partial charge on any atom is 0.103 e. The van der Waals surface area contributed by atoms with Crippen molar-refractivity contribution in [3.8, 4) is 0 Å². The van der Waals surface area contributed by atoms with Crippen molar-refractivity contribution in [3.63, 3.8) is 0 Å².